The molecule has 2 aliphatic rings. The van der Waals surface area contributed by atoms with Gasteiger partial charge in [0.15, 0.2) is 0 Å². The summed E-state index contributed by atoms with van der Waals surface area (Å²) < 4.78 is 5.38. The van der Waals surface area contributed by atoms with Gasteiger partial charge in [-0.2, -0.15) is 5.21 Å². The number of tetrazole rings is 1. The number of piperidine rings is 1. The Morgan fingerprint density at radius 3 is 2.29 bits per heavy atom. The highest BCUT2D eigenvalue weighted by Gasteiger charge is 2.31. The van der Waals surface area contributed by atoms with Gasteiger partial charge >= 0.3 is 6.09 Å². The van der Waals surface area contributed by atoms with Gasteiger partial charge < -0.3 is 30.9 Å². The molecular formula is C45H59N9O5. The van der Waals surface area contributed by atoms with Crippen LogP contribution in [0.1, 0.15) is 94.6 Å². The van der Waals surface area contributed by atoms with Crippen LogP contribution in [0.15, 0.2) is 66.7 Å². The lowest BCUT2D eigenvalue weighted by atomic mass is 9.81. The number of nitrogens with one attached hydrogen (secondary N) is 5. The molecule has 14 heteroatoms. The van der Waals surface area contributed by atoms with Crippen LogP contribution in [0, 0.1) is 18.8 Å². The maximum absolute atomic E-state index is 14.0. The van der Waals surface area contributed by atoms with Gasteiger partial charge in [0.1, 0.15) is 11.6 Å². The molecule has 2 heterocycles. The number of anilines is 1. The number of amides is 4. The van der Waals surface area contributed by atoms with Crippen molar-refractivity contribution < 1.29 is 23.9 Å². The highest BCUT2D eigenvalue weighted by atomic mass is 16.6. The average molecular weight is 806 g/mol. The molecule has 59 heavy (non-hydrogen) atoms. The van der Waals surface area contributed by atoms with Crippen molar-refractivity contribution in [2.45, 2.75) is 110 Å². The van der Waals surface area contributed by atoms with Crippen molar-refractivity contribution >= 4 is 29.5 Å². The number of rotatable bonds is 13. The van der Waals surface area contributed by atoms with Crippen LogP contribution < -0.4 is 21.3 Å². The molecule has 2 fully saturated rings. The molecule has 0 unspecified atom stereocenters. The molecule has 5 N–H and O–H groups in total. The first-order valence-electron chi connectivity index (χ1n) is 20.9. The Bertz CT molecular complexity index is 2050. The number of hydrogen-bond acceptors (Lipinski definition) is 9. The third-order valence-electron chi connectivity index (χ3n) is 11.3. The lowest BCUT2D eigenvalue weighted by molar-refractivity contribution is -0.130. The number of hydrogen-bond donors (Lipinski definition) is 5. The van der Waals surface area contributed by atoms with E-state index < -0.39 is 17.7 Å². The monoisotopic (exact) mass is 805 g/mol. The van der Waals surface area contributed by atoms with E-state index in [9.17, 15) is 19.2 Å². The zero-order valence-corrected chi connectivity index (χ0v) is 35.1. The Morgan fingerprint density at radius 2 is 1.63 bits per heavy atom. The minimum Gasteiger partial charge on any atom is -0.444 e. The molecule has 1 aromatic heterocycles. The molecule has 1 saturated carbocycles. The minimum absolute atomic E-state index is 0.0817. The summed E-state index contributed by atoms with van der Waals surface area (Å²) in [5, 5.41) is 26.3. The van der Waals surface area contributed by atoms with Crippen LogP contribution in [-0.4, -0.2) is 92.7 Å². The zero-order chi connectivity index (χ0) is 42.1. The largest absolute Gasteiger partial charge is 0.444 e. The molecule has 1 atom stereocenters. The Labute approximate surface area is 347 Å². The smallest absolute Gasteiger partial charge is 0.407 e. The molecule has 0 radical (unpaired) electrons. The van der Waals surface area contributed by atoms with Crippen LogP contribution in [-0.2, 0) is 20.7 Å². The van der Waals surface area contributed by atoms with Crippen molar-refractivity contribution in [1.29, 1.82) is 0 Å². The molecular weight excluding hydrogens is 747 g/mol. The second-order valence-corrected chi connectivity index (χ2v) is 17.3. The molecule has 6 rings (SSSR count). The Hall–Kier alpha value is -5.63. The van der Waals surface area contributed by atoms with Gasteiger partial charge in [-0.25, -0.2) is 4.79 Å². The lowest BCUT2D eigenvalue weighted by Gasteiger charge is -2.34. The number of H-pyrrole nitrogens is 1. The van der Waals surface area contributed by atoms with E-state index in [-0.39, 0.29) is 42.0 Å². The molecule has 0 bridgehead atoms. The average Bonchev–Trinajstić information content (AvgIpc) is 3.76. The van der Waals surface area contributed by atoms with Crippen molar-refractivity contribution in [3.05, 3.63) is 83.4 Å². The second kappa shape index (κ2) is 19.4. The molecule has 1 aliphatic carbocycles. The summed E-state index contributed by atoms with van der Waals surface area (Å²) in [5.74, 6) is -0.186. The number of aryl methyl sites for hydroxylation is 1. The SMILES string of the molecule is Cc1ccc(C[C@H](NC(=O)C2CCC(CNC(=O)OC(C)(C)C)CC2)C(=O)Nc2ccc(-c3nn[nH]n3)cc2)cc1-c1cccc(C(=O)NC2CCN(C(C)C)CC2)c1. The fourth-order valence-corrected chi connectivity index (χ4v) is 7.89. The van der Waals surface area contributed by atoms with E-state index in [0.717, 1.165) is 66.6 Å². The number of aromatic nitrogens is 4. The van der Waals surface area contributed by atoms with Crippen LogP contribution >= 0.6 is 0 Å². The van der Waals surface area contributed by atoms with Gasteiger partial charge in [-0.15, -0.1) is 10.2 Å². The van der Waals surface area contributed by atoms with E-state index in [4.69, 9.17) is 4.74 Å². The highest BCUT2D eigenvalue weighted by molar-refractivity contribution is 5.98. The van der Waals surface area contributed by atoms with E-state index in [1.807, 2.05) is 70.2 Å². The predicted molar refractivity (Wildman–Crippen MR) is 227 cm³/mol. The fourth-order valence-electron chi connectivity index (χ4n) is 7.89. The number of carbonyl (C=O) groups excluding carboxylic acids is 4. The van der Waals surface area contributed by atoms with Gasteiger partial charge in [-0.05, 0) is 150 Å². The molecule has 1 aliphatic heterocycles. The number of carbonyl (C=O) groups is 4. The summed E-state index contributed by atoms with van der Waals surface area (Å²) in [7, 11) is 0. The van der Waals surface area contributed by atoms with Crippen molar-refractivity contribution in [2.24, 2.45) is 11.8 Å². The van der Waals surface area contributed by atoms with Gasteiger partial charge in [0.05, 0.1) is 0 Å². The van der Waals surface area contributed by atoms with E-state index in [1.54, 1.807) is 24.3 Å². The lowest BCUT2D eigenvalue weighted by Crippen LogP contribution is -2.48. The first-order chi connectivity index (χ1) is 28.2. The number of nitrogens with zero attached hydrogens (tertiary/aromatic N) is 4. The summed E-state index contributed by atoms with van der Waals surface area (Å²) >= 11 is 0. The van der Waals surface area contributed by atoms with Crippen LogP contribution in [0.5, 0.6) is 0 Å². The summed E-state index contributed by atoms with van der Waals surface area (Å²) in [6.45, 7) is 14.3. The standard InChI is InChI=1S/C45H59N9O5/c1-28(2)54-22-20-37(21-23-54)47-42(56)35-9-7-8-34(26-35)38-24-31(11-10-29(38)3)25-39(43(57)48-36-18-16-32(17-19-36)40-50-52-53-51-40)49-41(55)33-14-12-30(13-15-33)27-46-44(58)59-45(4,5)6/h7-11,16-19,24,26,28,30,33,37,39H,12-15,20-23,25,27H2,1-6H3,(H,46,58)(H,47,56)(H,48,57)(H,49,55)(H,50,51,52,53)/t30?,33?,39-/m0/s1. The van der Waals surface area contributed by atoms with E-state index in [0.29, 0.717) is 42.5 Å². The van der Waals surface area contributed by atoms with Crippen molar-refractivity contribution in [3.63, 3.8) is 0 Å². The molecule has 0 spiro atoms. The molecule has 4 aromatic rings. The summed E-state index contributed by atoms with van der Waals surface area (Å²) in [6.07, 6.45) is 4.49. The maximum atomic E-state index is 14.0. The van der Waals surface area contributed by atoms with E-state index >= 15 is 0 Å². The van der Waals surface area contributed by atoms with Gasteiger partial charge in [0.2, 0.25) is 17.6 Å². The number of benzene rings is 3. The molecule has 14 nitrogen and oxygen atoms in total. The molecule has 314 valence electrons. The third-order valence-corrected chi connectivity index (χ3v) is 11.3. The van der Waals surface area contributed by atoms with Crippen LogP contribution in [0.25, 0.3) is 22.5 Å². The number of alkyl carbamates (subject to hydrolysis) is 1. The normalized spacial score (nSPS) is 18.2. The number of likely N-dealkylation sites (tertiary alicyclic amines) is 1. The quantitative estimate of drug-likeness (QED) is 0.102. The van der Waals surface area contributed by atoms with Crippen LogP contribution in [0.4, 0.5) is 10.5 Å². The maximum Gasteiger partial charge on any atom is 0.407 e. The van der Waals surface area contributed by atoms with Crippen molar-refractivity contribution in [2.75, 3.05) is 25.0 Å². The fraction of sp³-hybridized carbons (Fsp3) is 0.489. The van der Waals surface area contributed by atoms with Crippen molar-refractivity contribution in [3.8, 4) is 22.5 Å². The number of aromatic amines is 1. The highest BCUT2D eigenvalue weighted by Crippen LogP contribution is 2.30. The number of ether oxygens (including phenoxy) is 1. The minimum atomic E-state index is -0.874. The van der Waals surface area contributed by atoms with E-state index in [1.165, 1.54) is 0 Å². The molecule has 3 aromatic carbocycles. The first kappa shape index (κ1) is 43.0. The Balaban J connectivity index is 1.14. The third kappa shape index (κ3) is 12.2. The Morgan fingerprint density at radius 1 is 0.898 bits per heavy atom. The van der Waals surface area contributed by atoms with E-state index in [2.05, 4.69) is 60.6 Å². The summed E-state index contributed by atoms with van der Waals surface area (Å²) in [5.41, 5.74) is 5.06. The summed E-state index contributed by atoms with van der Waals surface area (Å²) in [6, 6.07) is 20.6. The first-order valence-corrected chi connectivity index (χ1v) is 20.9. The topological polar surface area (TPSA) is 183 Å². The molecule has 1 saturated heterocycles. The van der Waals surface area contributed by atoms with Crippen LogP contribution in [0.2, 0.25) is 0 Å². The van der Waals surface area contributed by atoms with Crippen molar-refractivity contribution in [1.82, 2.24) is 41.5 Å². The van der Waals surface area contributed by atoms with Gasteiger partial charge in [0.25, 0.3) is 5.91 Å². The van der Waals surface area contributed by atoms with Gasteiger partial charge in [0, 0.05) is 60.9 Å². The second-order valence-electron chi connectivity index (χ2n) is 17.3. The Kier molecular flexibility index (Phi) is 14.1. The molecule has 4 amide bonds. The zero-order valence-electron chi connectivity index (χ0n) is 35.1. The van der Waals surface area contributed by atoms with Gasteiger partial charge in [-0.1, -0.05) is 30.3 Å². The predicted octanol–water partition coefficient (Wildman–Crippen LogP) is 6.44. The van der Waals surface area contributed by atoms with Gasteiger partial charge in [-0.3, -0.25) is 14.4 Å². The summed E-state index contributed by atoms with van der Waals surface area (Å²) in [4.78, 5) is 56.0. The van der Waals surface area contributed by atoms with Crippen LogP contribution in [0.3, 0.4) is 0 Å².